The zero-order chi connectivity index (χ0) is 10.1. The molecule has 3 nitrogen and oxygen atoms in total. The predicted molar refractivity (Wildman–Crippen MR) is 57.4 cm³/mol. The summed E-state index contributed by atoms with van der Waals surface area (Å²) in [6.07, 6.45) is 1.71. The lowest BCUT2D eigenvalue weighted by molar-refractivity contribution is 0.420. The Labute approximate surface area is 82.5 Å². The summed E-state index contributed by atoms with van der Waals surface area (Å²) < 4.78 is 5.24. The third-order valence-corrected chi connectivity index (χ3v) is 2.36. The lowest BCUT2D eigenvalue weighted by Crippen LogP contribution is -1.95. The number of rotatable bonds is 1. The first-order chi connectivity index (χ1) is 6.74. The summed E-state index contributed by atoms with van der Waals surface area (Å²) in [5, 5.41) is 1.99. The van der Waals surface area contributed by atoms with Crippen LogP contribution in [0.4, 0.5) is 5.82 Å². The Balaban J connectivity index is 2.92. The molecule has 0 aliphatic rings. The van der Waals surface area contributed by atoms with Gasteiger partial charge >= 0.3 is 0 Å². The Bertz CT molecular complexity index is 480. The Morgan fingerprint density at radius 2 is 2.07 bits per heavy atom. The molecule has 0 unspecified atom stereocenters. The number of pyridine rings is 1. The Morgan fingerprint density at radius 1 is 1.29 bits per heavy atom. The van der Waals surface area contributed by atoms with E-state index in [4.69, 9.17) is 10.5 Å². The maximum absolute atomic E-state index is 5.81. The van der Waals surface area contributed by atoms with Crippen molar-refractivity contribution in [2.45, 2.75) is 6.92 Å². The molecule has 14 heavy (non-hydrogen) atoms. The van der Waals surface area contributed by atoms with Gasteiger partial charge < -0.3 is 10.5 Å². The quantitative estimate of drug-likeness (QED) is 0.745. The molecule has 0 atom stereocenters. The van der Waals surface area contributed by atoms with E-state index in [1.807, 2.05) is 25.1 Å². The molecule has 0 radical (unpaired) electrons. The number of hydrogen-bond acceptors (Lipinski definition) is 3. The van der Waals surface area contributed by atoms with Crippen LogP contribution in [-0.4, -0.2) is 12.1 Å². The number of nitrogens with two attached hydrogens (primary N) is 1. The van der Waals surface area contributed by atoms with Crippen LogP contribution >= 0.6 is 0 Å². The first-order valence-electron chi connectivity index (χ1n) is 4.42. The summed E-state index contributed by atoms with van der Waals surface area (Å²) in [7, 11) is 1.64. The Hall–Kier alpha value is -1.77. The smallest absolute Gasteiger partial charge is 0.134 e. The van der Waals surface area contributed by atoms with Crippen LogP contribution in [0.2, 0.25) is 0 Å². The molecule has 0 aliphatic carbocycles. The van der Waals surface area contributed by atoms with Crippen LogP contribution in [0.5, 0.6) is 5.75 Å². The largest absolute Gasteiger partial charge is 0.496 e. The predicted octanol–water partition coefficient (Wildman–Crippen LogP) is 2.13. The number of anilines is 1. The van der Waals surface area contributed by atoms with E-state index < -0.39 is 0 Å². The van der Waals surface area contributed by atoms with Gasteiger partial charge in [-0.15, -0.1) is 0 Å². The van der Waals surface area contributed by atoms with Crippen molar-refractivity contribution >= 4 is 16.6 Å². The normalized spacial score (nSPS) is 10.4. The van der Waals surface area contributed by atoms with E-state index >= 15 is 0 Å². The lowest BCUT2D eigenvalue weighted by Gasteiger charge is -2.08. The second kappa shape index (κ2) is 3.18. The number of aromatic nitrogens is 1. The maximum Gasteiger partial charge on any atom is 0.134 e. The summed E-state index contributed by atoms with van der Waals surface area (Å²) in [6, 6.07) is 5.87. The van der Waals surface area contributed by atoms with Crippen molar-refractivity contribution < 1.29 is 4.74 Å². The van der Waals surface area contributed by atoms with Crippen LogP contribution in [-0.2, 0) is 0 Å². The number of hydrogen-bond donors (Lipinski definition) is 1. The molecule has 0 spiro atoms. The fourth-order valence-electron chi connectivity index (χ4n) is 1.61. The molecule has 2 rings (SSSR count). The average molecular weight is 188 g/mol. The van der Waals surface area contributed by atoms with Crippen LogP contribution in [0.15, 0.2) is 24.4 Å². The van der Waals surface area contributed by atoms with E-state index in [9.17, 15) is 0 Å². The number of fused-ring (bicyclic) bond motifs is 1. The Kier molecular flexibility index (Phi) is 2.00. The molecule has 1 heterocycles. The van der Waals surface area contributed by atoms with Crippen molar-refractivity contribution in [3.8, 4) is 5.75 Å². The van der Waals surface area contributed by atoms with Crippen molar-refractivity contribution in [2.24, 2.45) is 0 Å². The third-order valence-electron chi connectivity index (χ3n) is 2.36. The van der Waals surface area contributed by atoms with Crippen LogP contribution < -0.4 is 10.5 Å². The molecular formula is C11H12N2O. The van der Waals surface area contributed by atoms with E-state index in [1.165, 1.54) is 5.56 Å². The van der Waals surface area contributed by atoms with Crippen LogP contribution in [0.25, 0.3) is 10.8 Å². The molecule has 0 bridgehead atoms. The number of aryl methyl sites for hydroxylation is 1. The minimum atomic E-state index is 0.517. The molecule has 3 heteroatoms. The number of ether oxygens (including phenoxy) is 1. The van der Waals surface area contributed by atoms with Gasteiger partial charge in [0, 0.05) is 6.20 Å². The Morgan fingerprint density at radius 3 is 2.79 bits per heavy atom. The van der Waals surface area contributed by atoms with Crippen LogP contribution in [0.3, 0.4) is 0 Å². The molecule has 1 aromatic heterocycles. The van der Waals surface area contributed by atoms with Gasteiger partial charge in [-0.3, -0.25) is 0 Å². The molecule has 0 fully saturated rings. The van der Waals surface area contributed by atoms with E-state index in [-0.39, 0.29) is 0 Å². The summed E-state index contributed by atoms with van der Waals surface area (Å²) in [6.45, 7) is 2.04. The summed E-state index contributed by atoms with van der Waals surface area (Å²) in [5.74, 6) is 1.29. The summed E-state index contributed by atoms with van der Waals surface area (Å²) in [5.41, 5.74) is 6.99. The minimum absolute atomic E-state index is 0.517. The van der Waals surface area contributed by atoms with E-state index in [1.54, 1.807) is 13.3 Å². The van der Waals surface area contributed by atoms with Gasteiger partial charge in [-0.1, -0.05) is 6.07 Å². The van der Waals surface area contributed by atoms with Crippen molar-refractivity contribution in [3.05, 3.63) is 30.0 Å². The molecule has 0 saturated carbocycles. The fraction of sp³-hybridized carbons (Fsp3) is 0.182. The zero-order valence-corrected chi connectivity index (χ0v) is 8.24. The van der Waals surface area contributed by atoms with Crippen LogP contribution in [0.1, 0.15) is 5.56 Å². The molecule has 1 aromatic carbocycles. The van der Waals surface area contributed by atoms with Gasteiger partial charge in [0.15, 0.2) is 0 Å². The first kappa shape index (κ1) is 8.81. The highest BCUT2D eigenvalue weighted by Gasteiger charge is 2.07. The molecule has 2 N–H and O–H groups in total. The van der Waals surface area contributed by atoms with Gasteiger partial charge in [-0.2, -0.15) is 0 Å². The second-order valence-corrected chi connectivity index (χ2v) is 3.20. The monoisotopic (exact) mass is 188 g/mol. The minimum Gasteiger partial charge on any atom is -0.496 e. The molecule has 0 amide bonds. The van der Waals surface area contributed by atoms with Gasteiger partial charge in [-0.25, -0.2) is 4.98 Å². The molecular weight excluding hydrogens is 176 g/mol. The van der Waals surface area contributed by atoms with Crippen molar-refractivity contribution in [2.75, 3.05) is 12.8 Å². The van der Waals surface area contributed by atoms with E-state index in [0.29, 0.717) is 5.82 Å². The standard InChI is InChI=1S/C11H12N2O/c1-7-3-4-9(14-2)10-8(7)5-6-13-11(10)12/h3-6H,1-2H3,(H2,12,13). The van der Waals surface area contributed by atoms with Crippen molar-refractivity contribution in [1.82, 2.24) is 4.98 Å². The number of nitrogen functional groups attached to an aromatic ring is 1. The van der Waals surface area contributed by atoms with E-state index in [0.717, 1.165) is 16.5 Å². The highest BCUT2D eigenvalue weighted by Crippen LogP contribution is 2.31. The fourth-order valence-corrected chi connectivity index (χ4v) is 1.61. The van der Waals surface area contributed by atoms with Gasteiger partial charge in [0.25, 0.3) is 0 Å². The van der Waals surface area contributed by atoms with Crippen molar-refractivity contribution in [3.63, 3.8) is 0 Å². The van der Waals surface area contributed by atoms with Gasteiger partial charge in [0.2, 0.25) is 0 Å². The summed E-state index contributed by atoms with van der Waals surface area (Å²) >= 11 is 0. The SMILES string of the molecule is COc1ccc(C)c2ccnc(N)c12. The van der Waals surface area contributed by atoms with Gasteiger partial charge in [0.05, 0.1) is 12.5 Å². The number of benzene rings is 1. The van der Waals surface area contributed by atoms with Gasteiger partial charge in [0.1, 0.15) is 11.6 Å². The molecule has 2 aromatic rings. The first-order valence-corrected chi connectivity index (χ1v) is 4.42. The molecule has 0 saturated heterocycles. The average Bonchev–Trinajstić information content (AvgIpc) is 2.20. The lowest BCUT2D eigenvalue weighted by atomic mass is 10.1. The highest BCUT2D eigenvalue weighted by molar-refractivity contribution is 5.97. The third kappa shape index (κ3) is 1.18. The molecule has 72 valence electrons. The van der Waals surface area contributed by atoms with E-state index in [2.05, 4.69) is 4.98 Å². The molecule has 0 aliphatic heterocycles. The zero-order valence-electron chi connectivity index (χ0n) is 8.24. The topological polar surface area (TPSA) is 48.1 Å². The summed E-state index contributed by atoms with van der Waals surface area (Å²) in [4.78, 5) is 4.05. The second-order valence-electron chi connectivity index (χ2n) is 3.20. The van der Waals surface area contributed by atoms with Gasteiger partial charge in [-0.05, 0) is 30.0 Å². The number of nitrogens with zero attached hydrogens (tertiary/aromatic N) is 1. The van der Waals surface area contributed by atoms with Crippen molar-refractivity contribution in [1.29, 1.82) is 0 Å². The number of methoxy groups -OCH3 is 1. The maximum atomic E-state index is 5.81. The van der Waals surface area contributed by atoms with Crippen LogP contribution in [0, 0.1) is 6.92 Å². The highest BCUT2D eigenvalue weighted by atomic mass is 16.5.